The summed E-state index contributed by atoms with van der Waals surface area (Å²) in [6.45, 7) is 0. The molecule has 0 aliphatic rings. The van der Waals surface area contributed by atoms with Crippen LogP contribution in [0.3, 0.4) is 0 Å². The van der Waals surface area contributed by atoms with Crippen LogP contribution in [0.4, 0.5) is 8.78 Å². The Labute approximate surface area is 172 Å². The van der Waals surface area contributed by atoms with E-state index in [2.05, 4.69) is 10.9 Å². The van der Waals surface area contributed by atoms with E-state index in [1.807, 2.05) is 24.3 Å². The molecule has 0 N–H and O–H groups in total. The van der Waals surface area contributed by atoms with Crippen LogP contribution < -0.4 is 10.0 Å². The van der Waals surface area contributed by atoms with Crippen LogP contribution in [0.2, 0.25) is 5.82 Å². The second-order valence-corrected chi connectivity index (χ2v) is 8.21. The fourth-order valence-electron chi connectivity index (χ4n) is 3.10. The van der Waals surface area contributed by atoms with Gasteiger partial charge in [-0.1, -0.05) is 0 Å². The Balaban J connectivity index is 1.95. The van der Waals surface area contributed by atoms with Gasteiger partial charge in [0.2, 0.25) is 0 Å². The topological polar surface area (TPSA) is 34.9 Å². The molecule has 0 saturated carbocycles. The third-order valence-corrected chi connectivity index (χ3v) is 6.14. The van der Waals surface area contributed by atoms with E-state index in [0.29, 0.717) is 37.3 Å². The molecule has 0 aliphatic heterocycles. The molecule has 0 amide bonds. The summed E-state index contributed by atoms with van der Waals surface area (Å²) >= 11 is 0.378. The van der Waals surface area contributed by atoms with E-state index in [-0.39, 0.29) is 11.4 Å². The number of hydrogen-bond donors (Lipinski definition) is 0. The van der Waals surface area contributed by atoms with Crippen molar-refractivity contribution in [3.8, 4) is 27.9 Å². The van der Waals surface area contributed by atoms with E-state index in [0.717, 1.165) is 5.56 Å². The molecule has 0 radical (unpaired) electrons. The first-order valence-electron chi connectivity index (χ1n) is 8.85. The molecule has 144 valence electrons. The summed E-state index contributed by atoms with van der Waals surface area (Å²) in [5, 5.41) is 4.31. The third-order valence-electron chi connectivity index (χ3n) is 4.58. The van der Waals surface area contributed by atoms with Gasteiger partial charge in [0.15, 0.2) is 0 Å². The first-order valence-corrected chi connectivity index (χ1v) is 11.4. The fourth-order valence-corrected chi connectivity index (χ4v) is 3.96. The van der Waals surface area contributed by atoms with Crippen molar-refractivity contribution in [3.05, 3.63) is 101 Å². The molecule has 4 rings (SSSR count). The van der Waals surface area contributed by atoms with Gasteiger partial charge in [-0.05, 0) is 0 Å². The minimum absolute atomic E-state index is 0.357. The Bertz CT molecular complexity index is 1200. The summed E-state index contributed by atoms with van der Waals surface area (Å²) in [6, 6.07) is 19.4. The standard InChI is InChI=1S/C23H16F2N2OSe/c1-29-20-12-4-15(5-13-20)21-14-26-27(19-10-8-18(25)9-11-19)23(28)22(21)16-2-6-17(24)7-3-16/h2-14H,1H3. The summed E-state index contributed by atoms with van der Waals surface area (Å²) in [4.78, 5) is 13.4. The van der Waals surface area contributed by atoms with Crippen LogP contribution in [0.1, 0.15) is 0 Å². The predicted octanol–water partition coefficient (Wildman–Crippen LogP) is 4.22. The second-order valence-electron chi connectivity index (χ2n) is 6.36. The van der Waals surface area contributed by atoms with E-state index >= 15 is 0 Å². The van der Waals surface area contributed by atoms with Gasteiger partial charge in [-0.2, -0.15) is 0 Å². The Kier molecular flexibility index (Phi) is 5.38. The molecule has 0 spiro atoms. The molecule has 1 aromatic heterocycles. The molecule has 4 aromatic rings. The number of rotatable bonds is 4. The Hall–Kier alpha value is -3.08. The predicted molar refractivity (Wildman–Crippen MR) is 112 cm³/mol. The average molecular weight is 453 g/mol. The van der Waals surface area contributed by atoms with Gasteiger partial charge in [-0.3, -0.25) is 0 Å². The van der Waals surface area contributed by atoms with Gasteiger partial charge in [0.05, 0.1) is 0 Å². The Morgan fingerprint density at radius 2 is 1.34 bits per heavy atom. The Morgan fingerprint density at radius 1 is 0.793 bits per heavy atom. The molecule has 0 aliphatic carbocycles. The monoisotopic (exact) mass is 454 g/mol. The van der Waals surface area contributed by atoms with Crippen molar-refractivity contribution in [2.24, 2.45) is 0 Å². The molecule has 0 unspecified atom stereocenters. The van der Waals surface area contributed by atoms with Gasteiger partial charge in [0, 0.05) is 0 Å². The molecule has 6 heteroatoms. The second kappa shape index (κ2) is 8.11. The first-order chi connectivity index (χ1) is 14.1. The van der Waals surface area contributed by atoms with Crippen LogP contribution in [0.25, 0.3) is 27.9 Å². The summed E-state index contributed by atoms with van der Waals surface area (Å²) < 4.78 is 29.2. The molecule has 0 atom stereocenters. The molecule has 3 nitrogen and oxygen atoms in total. The van der Waals surface area contributed by atoms with Crippen LogP contribution in [0.5, 0.6) is 0 Å². The number of benzene rings is 3. The van der Waals surface area contributed by atoms with Gasteiger partial charge in [-0.25, -0.2) is 4.39 Å². The van der Waals surface area contributed by atoms with Crippen LogP contribution >= 0.6 is 0 Å². The summed E-state index contributed by atoms with van der Waals surface area (Å²) in [5.74, 6) is 1.37. The molecular formula is C23H16F2N2OSe. The molecule has 29 heavy (non-hydrogen) atoms. The van der Waals surface area contributed by atoms with Crippen molar-refractivity contribution in [1.29, 1.82) is 0 Å². The fraction of sp³-hybridized carbons (Fsp3) is 0.0435. The molecule has 1 heterocycles. The Morgan fingerprint density at radius 3 is 1.93 bits per heavy atom. The third kappa shape index (κ3) is 3.90. The quantitative estimate of drug-likeness (QED) is 0.434. The number of halogens is 2. The number of hydrogen-bond acceptors (Lipinski definition) is 2. The van der Waals surface area contributed by atoms with E-state index in [4.69, 9.17) is 0 Å². The summed E-state index contributed by atoms with van der Waals surface area (Å²) in [7, 11) is 0. The van der Waals surface area contributed by atoms with Gasteiger partial charge in [0.25, 0.3) is 0 Å². The average Bonchev–Trinajstić information content (AvgIpc) is 2.75. The van der Waals surface area contributed by atoms with Crippen molar-refractivity contribution in [2.75, 3.05) is 0 Å². The van der Waals surface area contributed by atoms with Crippen LogP contribution in [-0.4, -0.2) is 24.7 Å². The number of nitrogens with zero attached hydrogens (tertiary/aromatic N) is 2. The van der Waals surface area contributed by atoms with Crippen molar-refractivity contribution in [3.63, 3.8) is 0 Å². The van der Waals surface area contributed by atoms with Crippen molar-refractivity contribution in [1.82, 2.24) is 9.78 Å². The molecule has 0 bridgehead atoms. The van der Waals surface area contributed by atoms with E-state index < -0.39 is 5.82 Å². The first kappa shape index (κ1) is 19.2. The van der Waals surface area contributed by atoms with Crippen LogP contribution in [0.15, 0.2) is 83.8 Å². The van der Waals surface area contributed by atoms with Crippen molar-refractivity contribution < 1.29 is 8.78 Å². The zero-order valence-corrected chi connectivity index (χ0v) is 17.2. The maximum atomic E-state index is 13.5. The number of aromatic nitrogens is 2. The van der Waals surface area contributed by atoms with Crippen molar-refractivity contribution in [2.45, 2.75) is 5.82 Å². The van der Waals surface area contributed by atoms with Gasteiger partial charge >= 0.3 is 168 Å². The maximum absolute atomic E-state index is 13.5. The van der Waals surface area contributed by atoms with Crippen molar-refractivity contribution >= 4 is 19.4 Å². The zero-order valence-electron chi connectivity index (χ0n) is 15.5. The SMILES string of the molecule is C[Se]c1ccc(-c2cnn(-c3ccc(F)cc3)c(=O)c2-c2ccc(F)cc2)cc1. The molecule has 0 fully saturated rings. The van der Waals surface area contributed by atoms with Gasteiger partial charge in [0.1, 0.15) is 0 Å². The van der Waals surface area contributed by atoms with Crippen LogP contribution in [-0.2, 0) is 0 Å². The van der Waals surface area contributed by atoms with Crippen LogP contribution in [0, 0.1) is 11.6 Å². The summed E-state index contributed by atoms with van der Waals surface area (Å²) in [6.07, 6.45) is 1.62. The molecular weight excluding hydrogens is 437 g/mol. The van der Waals surface area contributed by atoms with E-state index in [1.165, 1.54) is 45.5 Å². The zero-order chi connectivity index (χ0) is 20.4. The van der Waals surface area contributed by atoms with Gasteiger partial charge in [-0.15, -0.1) is 0 Å². The minimum atomic E-state index is -0.394. The summed E-state index contributed by atoms with van der Waals surface area (Å²) in [5.41, 5.74) is 2.62. The molecule has 3 aromatic carbocycles. The normalized spacial score (nSPS) is 10.9. The molecule has 0 saturated heterocycles. The van der Waals surface area contributed by atoms with Gasteiger partial charge < -0.3 is 0 Å². The van der Waals surface area contributed by atoms with E-state index in [1.54, 1.807) is 18.3 Å². The van der Waals surface area contributed by atoms with E-state index in [9.17, 15) is 13.6 Å².